The van der Waals surface area contributed by atoms with Gasteiger partial charge < -0.3 is 14.8 Å². The summed E-state index contributed by atoms with van der Waals surface area (Å²) >= 11 is 0. The largest absolute Gasteiger partial charge is 0.493 e. The number of ether oxygens (including phenoxy) is 2. The summed E-state index contributed by atoms with van der Waals surface area (Å²) in [5, 5.41) is 7.99. The summed E-state index contributed by atoms with van der Waals surface area (Å²) in [6.07, 6.45) is 2.83. The molecule has 3 heterocycles. The summed E-state index contributed by atoms with van der Waals surface area (Å²) in [5.74, 6) is -0.191. The Balaban J connectivity index is 1.42. The highest BCUT2D eigenvalue weighted by atomic mass is 16.5. The van der Waals surface area contributed by atoms with Crippen molar-refractivity contribution in [2.75, 3.05) is 6.61 Å². The Morgan fingerprint density at radius 1 is 1.23 bits per heavy atom. The standard InChI is InChI=1S/C22H24N4O4/c1-13(2)26-20-15(12-24-26)10-16(11-23-20)22(28)30-14(3)21(27)25-18-8-9-29-19-7-5-4-6-17(18)19/h4-7,10-14,18H,8-9H2,1-3H3,(H,25,27). The number of fused-ring (bicyclic) bond motifs is 2. The fourth-order valence-corrected chi connectivity index (χ4v) is 3.49. The van der Waals surface area contributed by atoms with Crippen LogP contribution in [0.4, 0.5) is 0 Å². The molecule has 0 fully saturated rings. The predicted molar refractivity (Wildman–Crippen MR) is 110 cm³/mol. The van der Waals surface area contributed by atoms with E-state index in [4.69, 9.17) is 9.47 Å². The van der Waals surface area contributed by atoms with Crippen molar-refractivity contribution in [2.45, 2.75) is 45.4 Å². The Labute approximate surface area is 174 Å². The van der Waals surface area contributed by atoms with Crippen molar-refractivity contribution >= 4 is 22.9 Å². The van der Waals surface area contributed by atoms with E-state index in [1.54, 1.807) is 23.9 Å². The number of hydrogen-bond acceptors (Lipinski definition) is 6. The van der Waals surface area contributed by atoms with Crippen molar-refractivity contribution in [1.29, 1.82) is 0 Å². The second-order valence-corrected chi connectivity index (χ2v) is 7.60. The van der Waals surface area contributed by atoms with Gasteiger partial charge in [-0.1, -0.05) is 18.2 Å². The summed E-state index contributed by atoms with van der Waals surface area (Å²) in [5.41, 5.74) is 1.90. The van der Waals surface area contributed by atoms with Crippen LogP contribution in [0.1, 0.15) is 55.2 Å². The predicted octanol–water partition coefficient (Wildman–Crippen LogP) is 3.20. The monoisotopic (exact) mass is 408 g/mol. The summed E-state index contributed by atoms with van der Waals surface area (Å²) in [4.78, 5) is 29.5. The van der Waals surface area contributed by atoms with E-state index in [-0.39, 0.29) is 23.6 Å². The Kier molecular flexibility index (Phi) is 5.39. The minimum atomic E-state index is -0.943. The molecular formula is C22H24N4O4. The average molecular weight is 408 g/mol. The number of amides is 1. The fraction of sp³-hybridized carbons (Fsp3) is 0.364. The lowest BCUT2D eigenvalue weighted by molar-refractivity contribution is -0.130. The van der Waals surface area contributed by atoms with Gasteiger partial charge in [0.25, 0.3) is 5.91 Å². The molecule has 2 unspecified atom stereocenters. The third kappa shape index (κ3) is 3.85. The lowest BCUT2D eigenvalue weighted by atomic mass is 10.0. The van der Waals surface area contributed by atoms with Crippen LogP contribution in [0.25, 0.3) is 11.0 Å². The van der Waals surface area contributed by atoms with E-state index in [2.05, 4.69) is 15.4 Å². The van der Waals surface area contributed by atoms with Crippen LogP contribution < -0.4 is 10.1 Å². The van der Waals surface area contributed by atoms with Crippen molar-refractivity contribution in [3.05, 3.63) is 53.9 Å². The van der Waals surface area contributed by atoms with Gasteiger partial charge in [0.1, 0.15) is 5.75 Å². The van der Waals surface area contributed by atoms with Crippen LogP contribution in [-0.4, -0.2) is 39.4 Å². The Morgan fingerprint density at radius 2 is 2.03 bits per heavy atom. The first-order valence-corrected chi connectivity index (χ1v) is 10.0. The average Bonchev–Trinajstić information content (AvgIpc) is 3.17. The van der Waals surface area contributed by atoms with Crippen LogP contribution >= 0.6 is 0 Å². The first-order valence-electron chi connectivity index (χ1n) is 10.0. The number of hydrogen-bond donors (Lipinski definition) is 1. The zero-order valence-electron chi connectivity index (χ0n) is 17.2. The van der Waals surface area contributed by atoms with Gasteiger partial charge in [0.2, 0.25) is 0 Å². The fourth-order valence-electron chi connectivity index (χ4n) is 3.49. The Morgan fingerprint density at radius 3 is 2.83 bits per heavy atom. The number of aromatic nitrogens is 3. The second kappa shape index (κ2) is 8.14. The van der Waals surface area contributed by atoms with Crippen molar-refractivity contribution in [3.8, 4) is 5.75 Å². The molecule has 0 aliphatic carbocycles. The van der Waals surface area contributed by atoms with Crippen LogP contribution in [-0.2, 0) is 9.53 Å². The molecule has 156 valence electrons. The number of rotatable bonds is 5. The number of carbonyl (C=O) groups excluding carboxylic acids is 2. The van der Waals surface area contributed by atoms with Gasteiger partial charge in [-0.15, -0.1) is 0 Å². The molecule has 1 aromatic carbocycles. The number of nitrogens with one attached hydrogen (secondary N) is 1. The number of para-hydroxylation sites is 1. The molecule has 1 aliphatic rings. The number of nitrogens with zero attached hydrogens (tertiary/aromatic N) is 3. The molecule has 0 saturated heterocycles. The summed E-state index contributed by atoms with van der Waals surface area (Å²) in [6.45, 7) is 6.09. The van der Waals surface area contributed by atoms with Gasteiger partial charge in [-0.2, -0.15) is 5.10 Å². The molecule has 0 saturated carbocycles. The van der Waals surface area contributed by atoms with Crippen molar-refractivity contribution in [1.82, 2.24) is 20.1 Å². The number of benzene rings is 1. The van der Waals surface area contributed by atoms with Crippen molar-refractivity contribution in [2.24, 2.45) is 0 Å². The van der Waals surface area contributed by atoms with E-state index in [0.29, 0.717) is 18.7 Å². The highest BCUT2D eigenvalue weighted by Gasteiger charge is 2.26. The van der Waals surface area contributed by atoms with E-state index < -0.39 is 12.1 Å². The molecule has 0 spiro atoms. The molecule has 2 atom stereocenters. The molecule has 2 aromatic heterocycles. The molecule has 1 amide bonds. The Hall–Kier alpha value is -3.42. The smallest absolute Gasteiger partial charge is 0.340 e. The maximum atomic E-state index is 12.6. The van der Waals surface area contributed by atoms with E-state index in [9.17, 15) is 9.59 Å². The van der Waals surface area contributed by atoms with Gasteiger partial charge >= 0.3 is 5.97 Å². The van der Waals surface area contributed by atoms with Crippen LogP contribution in [0.2, 0.25) is 0 Å². The van der Waals surface area contributed by atoms with E-state index >= 15 is 0 Å². The minimum absolute atomic E-state index is 0.159. The molecule has 8 nitrogen and oxygen atoms in total. The highest BCUT2D eigenvalue weighted by Crippen LogP contribution is 2.31. The van der Waals surface area contributed by atoms with Gasteiger partial charge in [0, 0.05) is 29.6 Å². The van der Waals surface area contributed by atoms with Crippen LogP contribution in [0.15, 0.2) is 42.7 Å². The lowest BCUT2D eigenvalue weighted by Crippen LogP contribution is -2.39. The lowest BCUT2D eigenvalue weighted by Gasteiger charge is -2.27. The topological polar surface area (TPSA) is 95.3 Å². The molecule has 1 aliphatic heterocycles. The molecule has 0 bridgehead atoms. The number of carbonyl (C=O) groups is 2. The zero-order chi connectivity index (χ0) is 21.3. The summed E-state index contributed by atoms with van der Waals surface area (Å²) in [6, 6.07) is 9.26. The first kappa shape index (κ1) is 19.9. The van der Waals surface area contributed by atoms with Gasteiger partial charge in [0.05, 0.1) is 24.4 Å². The normalized spacial score (nSPS) is 16.6. The zero-order valence-corrected chi connectivity index (χ0v) is 17.2. The minimum Gasteiger partial charge on any atom is -0.493 e. The Bertz CT molecular complexity index is 1090. The molecule has 3 aromatic rings. The van der Waals surface area contributed by atoms with Crippen LogP contribution in [0.3, 0.4) is 0 Å². The van der Waals surface area contributed by atoms with Gasteiger partial charge in [-0.05, 0) is 32.9 Å². The van der Waals surface area contributed by atoms with Gasteiger partial charge in [0.15, 0.2) is 11.8 Å². The van der Waals surface area contributed by atoms with Gasteiger partial charge in [-0.3, -0.25) is 4.79 Å². The molecule has 4 rings (SSSR count). The first-order chi connectivity index (χ1) is 14.4. The third-order valence-corrected chi connectivity index (χ3v) is 5.09. The molecule has 8 heteroatoms. The maximum Gasteiger partial charge on any atom is 0.340 e. The van der Waals surface area contributed by atoms with Crippen LogP contribution in [0, 0.1) is 0 Å². The molecule has 30 heavy (non-hydrogen) atoms. The number of pyridine rings is 1. The SMILES string of the molecule is CC(OC(=O)c1cnc2c(cnn2C(C)C)c1)C(=O)NC1CCOc2ccccc21. The van der Waals surface area contributed by atoms with Crippen molar-refractivity contribution in [3.63, 3.8) is 0 Å². The molecule has 0 radical (unpaired) electrons. The van der Waals surface area contributed by atoms with E-state index in [0.717, 1.165) is 16.7 Å². The van der Waals surface area contributed by atoms with Crippen molar-refractivity contribution < 1.29 is 19.1 Å². The van der Waals surface area contributed by atoms with Gasteiger partial charge in [-0.25, -0.2) is 14.5 Å². The quantitative estimate of drug-likeness (QED) is 0.652. The molecular weight excluding hydrogens is 384 g/mol. The third-order valence-electron chi connectivity index (χ3n) is 5.09. The van der Waals surface area contributed by atoms with E-state index in [1.165, 1.54) is 6.20 Å². The van der Waals surface area contributed by atoms with E-state index in [1.807, 2.05) is 38.1 Å². The number of esters is 1. The summed E-state index contributed by atoms with van der Waals surface area (Å²) < 4.78 is 12.8. The second-order valence-electron chi connectivity index (χ2n) is 7.60. The van der Waals surface area contributed by atoms with Crippen LogP contribution in [0.5, 0.6) is 5.75 Å². The highest BCUT2D eigenvalue weighted by molar-refractivity contribution is 5.94. The molecule has 1 N–H and O–H groups in total. The summed E-state index contributed by atoms with van der Waals surface area (Å²) in [7, 11) is 0. The maximum absolute atomic E-state index is 12.6.